The summed E-state index contributed by atoms with van der Waals surface area (Å²) in [5.41, 5.74) is 7.80. The molecule has 2 N–H and O–H groups in total. The van der Waals surface area contributed by atoms with Gasteiger partial charge in [-0.05, 0) is 72.1 Å². The molecule has 0 radical (unpaired) electrons. The van der Waals surface area contributed by atoms with Crippen molar-refractivity contribution in [3.05, 3.63) is 79.8 Å². The molecular weight excluding hydrogens is 524 g/mol. The monoisotopic (exact) mass is 546 g/mol. The summed E-state index contributed by atoms with van der Waals surface area (Å²) in [5.74, 6) is -0.247. The Hall–Kier alpha value is -3.15. The van der Waals surface area contributed by atoms with E-state index in [1.54, 1.807) is 32.0 Å². The average Bonchev–Trinajstić information content (AvgIpc) is 2.78. The van der Waals surface area contributed by atoms with E-state index in [1.165, 1.54) is 0 Å². The highest BCUT2D eigenvalue weighted by molar-refractivity contribution is 9.10. The van der Waals surface area contributed by atoms with Gasteiger partial charge in [0.1, 0.15) is 24.0 Å². The Morgan fingerprint density at radius 3 is 2.65 bits per heavy atom. The Bertz CT molecular complexity index is 1200. The summed E-state index contributed by atoms with van der Waals surface area (Å²) in [6, 6.07) is 12.9. The lowest BCUT2D eigenvalue weighted by molar-refractivity contribution is -0.139. The number of esters is 1. The molecule has 0 bridgehead atoms. The maximum Gasteiger partial charge on any atom is 0.338 e. The molecule has 178 valence electrons. The van der Waals surface area contributed by atoms with Crippen LogP contribution in [0.1, 0.15) is 37.8 Å². The van der Waals surface area contributed by atoms with Crippen LogP contribution in [0.3, 0.4) is 0 Å². The first-order chi connectivity index (χ1) is 16.3. The van der Waals surface area contributed by atoms with Gasteiger partial charge in [0.2, 0.25) is 5.88 Å². The molecule has 0 saturated carbocycles. The molecule has 0 amide bonds. The summed E-state index contributed by atoms with van der Waals surface area (Å²) in [6.45, 7) is 5.98. The third-order valence-corrected chi connectivity index (χ3v) is 5.86. The lowest BCUT2D eigenvalue weighted by atomic mass is 9.83. The summed E-state index contributed by atoms with van der Waals surface area (Å²) in [7, 11) is 0. The third kappa shape index (κ3) is 5.49. The Balaban J connectivity index is 2.07. The summed E-state index contributed by atoms with van der Waals surface area (Å²) < 4.78 is 23.2. The van der Waals surface area contributed by atoms with Gasteiger partial charge in [-0.1, -0.05) is 23.7 Å². The van der Waals surface area contributed by atoms with Gasteiger partial charge in [-0.2, -0.15) is 5.26 Å². The second kappa shape index (κ2) is 11.3. The van der Waals surface area contributed by atoms with Crippen molar-refractivity contribution in [2.24, 2.45) is 5.73 Å². The van der Waals surface area contributed by atoms with E-state index < -0.39 is 11.9 Å². The predicted octanol–water partition coefficient (Wildman–Crippen LogP) is 5.72. The van der Waals surface area contributed by atoms with Gasteiger partial charge < -0.3 is 24.7 Å². The molecule has 0 aromatic heterocycles. The number of nitrogens with two attached hydrogens (primary N) is 1. The second-order valence-electron chi connectivity index (χ2n) is 7.30. The normalized spacial score (nSPS) is 15.5. The molecule has 1 aliphatic heterocycles. The highest BCUT2D eigenvalue weighted by atomic mass is 79.9. The van der Waals surface area contributed by atoms with E-state index in [0.717, 1.165) is 5.56 Å². The van der Waals surface area contributed by atoms with E-state index in [0.29, 0.717) is 33.2 Å². The van der Waals surface area contributed by atoms with Crippen LogP contribution in [0.15, 0.2) is 63.7 Å². The van der Waals surface area contributed by atoms with Crippen LogP contribution in [0.2, 0.25) is 5.02 Å². The van der Waals surface area contributed by atoms with Gasteiger partial charge in [0.15, 0.2) is 11.5 Å². The fourth-order valence-electron chi connectivity index (χ4n) is 3.63. The number of ether oxygens (including phenoxy) is 4. The van der Waals surface area contributed by atoms with Gasteiger partial charge in [0, 0.05) is 5.02 Å². The number of benzene rings is 2. The Kier molecular flexibility index (Phi) is 8.48. The van der Waals surface area contributed by atoms with Crippen molar-refractivity contribution in [2.75, 3.05) is 13.2 Å². The zero-order valence-electron chi connectivity index (χ0n) is 19.0. The Morgan fingerprint density at radius 2 is 2.00 bits per heavy atom. The Morgan fingerprint density at radius 1 is 1.24 bits per heavy atom. The van der Waals surface area contributed by atoms with Crippen LogP contribution in [0.5, 0.6) is 11.5 Å². The highest BCUT2D eigenvalue weighted by Gasteiger charge is 2.37. The van der Waals surface area contributed by atoms with Crippen molar-refractivity contribution in [3.8, 4) is 17.6 Å². The summed E-state index contributed by atoms with van der Waals surface area (Å²) in [4.78, 5) is 12.8. The van der Waals surface area contributed by atoms with Crippen LogP contribution in [-0.2, 0) is 20.9 Å². The van der Waals surface area contributed by atoms with Crippen LogP contribution in [0.4, 0.5) is 0 Å². The number of hydrogen-bond acceptors (Lipinski definition) is 7. The number of carbonyl (C=O) groups is 1. The van der Waals surface area contributed by atoms with Gasteiger partial charge in [-0.25, -0.2) is 4.79 Å². The van der Waals surface area contributed by atoms with E-state index in [9.17, 15) is 10.1 Å². The van der Waals surface area contributed by atoms with E-state index in [1.807, 2.05) is 25.1 Å². The summed E-state index contributed by atoms with van der Waals surface area (Å²) in [6.07, 6.45) is 0. The molecule has 3 rings (SSSR count). The zero-order valence-corrected chi connectivity index (χ0v) is 21.3. The molecule has 0 saturated heterocycles. The molecule has 0 aliphatic carbocycles. The van der Waals surface area contributed by atoms with Gasteiger partial charge in [-0.3, -0.25) is 0 Å². The molecular formula is C25H24BrClN2O5. The maximum absolute atomic E-state index is 12.8. The van der Waals surface area contributed by atoms with Gasteiger partial charge in [-0.15, -0.1) is 0 Å². The van der Waals surface area contributed by atoms with Crippen molar-refractivity contribution >= 4 is 33.5 Å². The summed E-state index contributed by atoms with van der Waals surface area (Å²) in [5, 5.41) is 10.4. The largest absolute Gasteiger partial charge is 0.490 e. The summed E-state index contributed by atoms with van der Waals surface area (Å²) >= 11 is 9.63. The first-order valence-electron chi connectivity index (χ1n) is 10.6. The number of rotatable bonds is 8. The third-order valence-electron chi connectivity index (χ3n) is 5.04. The number of allylic oxidation sites excluding steroid dienone is 2. The molecule has 0 spiro atoms. The molecule has 2 aromatic rings. The van der Waals surface area contributed by atoms with Crippen LogP contribution >= 0.6 is 27.5 Å². The second-order valence-corrected chi connectivity index (χ2v) is 8.59. The van der Waals surface area contributed by atoms with Crippen LogP contribution in [-0.4, -0.2) is 19.2 Å². The van der Waals surface area contributed by atoms with Crippen molar-refractivity contribution < 1.29 is 23.7 Å². The fourth-order valence-corrected chi connectivity index (χ4v) is 4.42. The minimum atomic E-state index is -0.796. The number of carbonyl (C=O) groups excluding carboxylic acids is 1. The van der Waals surface area contributed by atoms with Gasteiger partial charge in [0.25, 0.3) is 0 Å². The first-order valence-corrected chi connectivity index (χ1v) is 11.8. The molecule has 2 aromatic carbocycles. The van der Waals surface area contributed by atoms with Crippen molar-refractivity contribution in [3.63, 3.8) is 0 Å². The highest BCUT2D eigenvalue weighted by Crippen LogP contribution is 2.45. The number of nitriles is 1. The van der Waals surface area contributed by atoms with Crippen molar-refractivity contribution in [2.45, 2.75) is 33.3 Å². The Labute approximate surface area is 211 Å². The van der Waals surface area contributed by atoms with Crippen LogP contribution in [0, 0.1) is 11.3 Å². The topological polar surface area (TPSA) is 104 Å². The van der Waals surface area contributed by atoms with Crippen molar-refractivity contribution in [1.29, 1.82) is 5.26 Å². The van der Waals surface area contributed by atoms with Crippen molar-refractivity contribution in [1.82, 2.24) is 0 Å². The molecule has 9 heteroatoms. The quantitative estimate of drug-likeness (QED) is 0.421. The minimum absolute atomic E-state index is 0.0617. The molecule has 1 unspecified atom stereocenters. The molecule has 1 aliphatic rings. The average molecular weight is 548 g/mol. The van der Waals surface area contributed by atoms with Gasteiger partial charge in [0.05, 0.1) is 29.2 Å². The zero-order chi connectivity index (χ0) is 24.8. The molecule has 1 atom stereocenters. The van der Waals surface area contributed by atoms with Crippen LogP contribution < -0.4 is 15.2 Å². The fraction of sp³-hybridized carbons (Fsp3) is 0.280. The van der Waals surface area contributed by atoms with E-state index >= 15 is 0 Å². The first kappa shape index (κ1) is 25.5. The smallest absolute Gasteiger partial charge is 0.338 e. The van der Waals surface area contributed by atoms with E-state index in [4.69, 9.17) is 36.3 Å². The standard InChI is InChI=1S/C25H24BrClN2O5/c1-4-31-20-11-16(10-19(26)23(20)33-13-15-7-6-8-17(27)9-15)22-18(12-28)24(29)34-14(3)21(22)25(30)32-5-2/h6-11,22H,4-5,13,29H2,1-3H3. The predicted molar refractivity (Wildman–Crippen MR) is 131 cm³/mol. The van der Waals surface area contributed by atoms with Gasteiger partial charge >= 0.3 is 5.97 Å². The molecule has 0 fully saturated rings. The molecule has 34 heavy (non-hydrogen) atoms. The molecule has 7 nitrogen and oxygen atoms in total. The minimum Gasteiger partial charge on any atom is -0.490 e. The number of halogens is 2. The number of hydrogen-bond donors (Lipinski definition) is 1. The van der Waals surface area contributed by atoms with E-state index in [-0.39, 0.29) is 36.0 Å². The number of nitrogens with zero attached hydrogens (tertiary/aromatic N) is 1. The SMILES string of the molecule is CCOC(=O)C1=C(C)OC(N)=C(C#N)C1c1cc(Br)c(OCc2cccc(Cl)c2)c(OCC)c1. The lowest BCUT2D eigenvalue weighted by Gasteiger charge is -2.27. The van der Waals surface area contributed by atoms with Crippen LogP contribution in [0.25, 0.3) is 0 Å². The molecule has 1 heterocycles. The lowest BCUT2D eigenvalue weighted by Crippen LogP contribution is -2.25. The van der Waals surface area contributed by atoms with E-state index in [2.05, 4.69) is 22.0 Å². The maximum atomic E-state index is 12.8.